The predicted octanol–water partition coefficient (Wildman–Crippen LogP) is 3.01. The fraction of sp³-hybridized carbons (Fsp3) is 0.562. The first-order valence-electron chi connectivity index (χ1n) is 7.21. The third kappa shape index (κ3) is 6.40. The quantitative estimate of drug-likeness (QED) is 0.590. The maximum absolute atomic E-state index is 11.3. The molecule has 0 aliphatic carbocycles. The summed E-state index contributed by atoms with van der Waals surface area (Å²) in [5.41, 5.74) is 7.05. The summed E-state index contributed by atoms with van der Waals surface area (Å²) in [5, 5.41) is 0. The van der Waals surface area contributed by atoms with Crippen LogP contribution >= 0.6 is 11.8 Å². The number of carbonyl (C=O) groups excluding carboxylic acids is 1. The van der Waals surface area contributed by atoms with E-state index in [2.05, 4.69) is 19.9 Å². The zero-order chi connectivity index (χ0) is 15.8. The monoisotopic (exact) mass is 311 g/mol. The van der Waals surface area contributed by atoms with Gasteiger partial charge in [-0.2, -0.15) is 0 Å². The highest BCUT2D eigenvalue weighted by atomic mass is 32.2. The van der Waals surface area contributed by atoms with E-state index >= 15 is 0 Å². The summed E-state index contributed by atoms with van der Waals surface area (Å²) in [5.74, 6) is 1.73. The highest BCUT2D eigenvalue weighted by molar-refractivity contribution is 7.99. The van der Waals surface area contributed by atoms with Crippen LogP contribution in [0, 0.1) is 12.8 Å². The Morgan fingerprint density at radius 2 is 2.10 bits per heavy atom. The lowest BCUT2D eigenvalue weighted by Crippen LogP contribution is -2.28. The number of aryl methyl sites for hydroxylation is 1. The molecule has 1 unspecified atom stereocenters. The summed E-state index contributed by atoms with van der Waals surface area (Å²) >= 11 is 1.74. The van der Waals surface area contributed by atoms with E-state index in [1.165, 1.54) is 0 Å². The third-order valence-corrected chi connectivity index (χ3v) is 4.23. The van der Waals surface area contributed by atoms with Crippen LogP contribution in [-0.2, 0) is 9.53 Å². The molecule has 21 heavy (non-hydrogen) atoms. The van der Waals surface area contributed by atoms with Gasteiger partial charge in [0, 0.05) is 16.7 Å². The first-order valence-corrected chi connectivity index (χ1v) is 8.20. The van der Waals surface area contributed by atoms with Crippen molar-refractivity contribution in [2.75, 3.05) is 19.0 Å². The molecule has 0 spiro atoms. The molecule has 0 saturated carbocycles. The maximum Gasteiger partial charge on any atom is 0.344 e. The second kappa shape index (κ2) is 8.95. The molecule has 0 radical (unpaired) electrons. The third-order valence-electron chi connectivity index (χ3n) is 3.10. The van der Waals surface area contributed by atoms with Crippen molar-refractivity contribution in [1.29, 1.82) is 0 Å². The van der Waals surface area contributed by atoms with Gasteiger partial charge in [-0.3, -0.25) is 0 Å². The smallest absolute Gasteiger partial charge is 0.344 e. The first-order chi connectivity index (χ1) is 9.93. The van der Waals surface area contributed by atoms with E-state index in [1.54, 1.807) is 18.7 Å². The second-order valence-corrected chi connectivity index (χ2v) is 6.33. The Bertz CT molecular complexity index is 463. The number of esters is 1. The SMILES string of the molecule is CCOC(=O)COc1ccc(SCC(N)C(C)C)cc1C. The molecular weight excluding hydrogens is 286 g/mol. The molecule has 1 aromatic carbocycles. The highest BCUT2D eigenvalue weighted by Crippen LogP contribution is 2.26. The van der Waals surface area contributed by atoms with Crippen molar-refractivity contribution in [3.05, 3.63) is 23.8 Å². The summed E-state index contributed by atoms with van der Waals surface area (Å²) in [6.07, 6.45) is 0. The molecule has 0 amide bonds. The normalized spacial score (nSPS) is 12.3. The Hall–Kier alpha value is -1.20. The van der Waals surface area contributed by atoms with Crippen molar-refractivity contribution in [2.24, 2.45) is 11.7 Å². The summed E-state index contributed by atoms with van der Waals surface area (Å²) in [6, 6.07) is 6.12. The minimum atomic E-state index is -0.349. The van der Waals surface area contributed by atoms with Gasteiger partial charge in [-0.15, -0.1) is 11.8 Å². The summed E-state index contributed by atoms with van der Waals surface area (Å²) < 4.78 is 10.3. The average molecular weight is 311 g/mol. The van der Waals surface area contributed by atoms with Crippen LogP contribution in [-0.4, -0.2) is 31.0 Å². The Kier molecular flexibility index (Phi) is 7.61. The van der Waals surface area contributed by atoms with E-state index in [4.69, 9.17) is 15.2 Å². The second-order valence-electron chi connectivity index (χ2n) is 5.24. The van der Waals surface area contributed by atoms with Gasteiger partial charge in [-0.05, 0) is 43.5 Å². The molecule has 1 atom stereocenters. The maximum atomic E-state index is 11.3. The summed E-state index contributed by atoms with van der Waals surface area (Å²) in [6.45, 7) is 8.31. The number of carbonyl (C=O) groups is 1. The average Bonchev–Trinajstić information content (AvgIpc) is 2.43. The molecule has 4 nitrogen and oxygen atoms in total. The lowest BCUT2D eigenvalue weighted by atomic mass is 10.1. The van der Waals surface area contributed by atoms with Gasteiger partial charge in [0.25, 0.3) is 0 Å². The lowest BCUT2D eigenvalue weighted by Gasteiger charge is -2.15. The molecule has 1 aromatic rings. The number of nitrogens with two attached hydrogens (primary N) is 1. The van der Waals surface area contributed by atoms with E-state index in [9.17, 15) is 4.79 Å². The lowest BCUT2D eigenvalue weighted by molar-refractivity contribution is -0.145. The topological polar surface area (TPSA) is 61.5 Å². The Labute approximate surface area is 131 Å². The Balaban J connectivity index is 2.53. The zero-order valence-electron chi connectivity index (χ0n) is 13.2. The molecule has 0 bridgehead atoms. The van der Waals surface area contributed by atoms with Crippen molar-refractivity contribution in [2.45, 2.75) is 38.6 Å². The molecule has 0 aliphatic rings. The van der Waals surface area contributed by atoms with Crippen LogP contribution in [0.15, 0.2) is 23.1 Å². The van der Waals surface area contributed by atoms with Crippen molar-refractivity contribution in [3.63, 3.8) is 0 Å². The number of benzene rings is 1. The van der Waals surface area contributed by atoms with Crippen molar-refractivity contribution in [3.8, 4) is 5.75 Å². The number of rotatable bonds is 8. The van der Waals surface area contributed by atoms with E-state index in [0.29, 0.717) is 18.3 Å². The highest BCUT2D eigenvalue weighted by Gasteiger charge is 2.10. The molecule has 0 aliphatic heterocycles. The van der Waals surface area contributed by atoms with Gasteiger partial charge < -0.3 is 15.2 Å². The van der Waals surface area contributed by atoms with Gasteiger partial charge in [-0.1, -0.05) is 13.8 Å². The molecule has 118 valence electrons. The van der Waals surface area contributed by atoms with Crippen LogP contribution < -0.4 is 10.5 Å². The van der Waals surface area contributed by atoms with Gasteiger partial charge in [0.1, 0.15) is 5.75 Å². The molecule has 2 N–H and O–H groups in total. The van der Waals surface area contributed by atoms with Gasteiger partial charge in [0.15, 0.2) is 6.61 Å². The van der Waals surface area contributed by atoms with Crippen LogP contribution in [0.2, 0.25) is 0 Å². The fourth-order valence-electron chi connectivity index (χ4n) is 1.60. The van der Waals surface area contributed by atoms with Crippen LogP contribution in [0.1, 0.15) is 26.3 Å². The van der Waals surface area contributed by atoms with Crippen molar-refractivity contribution in [1.82, 2.24) is 0 Å². The van der Waals surface area contributed by atoms with Crippen molar-refractivity contribution >= 4 is 17.7 Å². The van der Waals surface area contributed by atoms with E-state index in [0.717, 1.165) is 16.2 Å². The molecular formula is C16H25NO3S. The van der Waals surface area contributed by atoms with Crippen molar-refractivity contribution < 1.29 is 14.3 Å². The molecule has 0 heterocycles. The summed E-state index contributed by atoms with van der Waals surface area (Å²) in [7, 11) is 0. The number of ether oxygens (including phenoxy) is 2. The zero-order valence-corrected chi connectivity index (χ0v) is 14.0. The Morgan fingerprint density at radius 1 is 1.38 bits per heavy atom. The van der Waals surface area contributed by atoms with Crippen LogP contribution in [0.25, 0.3) is 0 Å². The Morgan fingerprint density at radius 3 is 2.67 bits per heavy atom. The fourth-order valence-corrected chi connectivity index (χ4v) is 2.79. The first kappa shape index (κ1) is 17.9. The standard InChI is InChI=1S/C16H25NO3S/c1-5-19-16(18)9-20-15-7-6-13(8-12(15)4)21-10-14(17)11(2)3/h6-8,11,14H,5,9-10,17H2,1-4H3. The molecule has 1 rings (SSSR count). The minimum absolute atomic E-state index is 0.0562. The van der Waals surface area contributed by atoms with E-state index < -0.39 is 0 Å². The molecule has 5 heteroatoms. The number of hydrogen-bond donors (Lipinski definition) is 1. The van der Waals surface area contributed by atoms with E-state index in [-0.39, 0.29) is 18.6 Å². The number of thioether (sulfide) groups is 1. The predicted molar refractivity (Wildman–Crippen MR) is 86.8 cm³/mol. The number of hydrogen-bond acceptors (Lipinski definition) is 5. The largest absolute Gasteiger partial charge is 0.482 e. The molecule has 0 saturated heterocycles. The summed E-state index contributed by atoms with van der Waals surface area (Å²) in [4.78, 5) is 12.4. The van der Waals surface area contributed by atoms with E-state index in [1.807, 2.05) is 19.1 Å². The van der Waals surface area contributed by atoms with Crippen LogP contribution in [0.4, 0.5) is 0 Å². The van der Waals surface area contributed by atoms with Crippen LogP contribution in [0.5, 0.6) is 5.75 Å². The van der Waals surface area contributed by atoms with Gasteiger partial charge in [0.05, 0.1) is 6.61 Å². The molecule has 0 fully saturated rings. The minimum Gasteiger partial charge on any atom is -0.482 e. The van der Waals surface area contributed by atoms with Crippen LogP contribution in [0.3, 0.4) is 0 Å². The molecule has 0 aromatic heterocycles. The van der Waals surface area contributed by atoms with Gasteiger partial charge in [-0.25, -0.2) is 4.79 Å². The van der Waals surface area contributed by atoms with Gasteiger partial charge in [0.2, 0.25) is 0 Å². The van der Waals surface area contributed by atoms with Gasteiger partial charge >= 0.3 is 5.97 Å².